The first-order valence-electron chi connectivity index (χ1n) is 8.18. The molecule has 1 N–H and O–H groups in total. The molecule has 26 heavy (non-hydrogen) atoms. The maximum atomic E-state index is 5.32. The minimum atomic E-state index is 0.463. The first-order chi connectivity index (χ1) is 12.7. The zero-order valence-electron chi connectivity index (χ0n) is 14.7. The molecule has 1 heterocycles. The summed E-state index contributed by atoms with van der Waals surface area (Å²) in [5, 5.41) is 11.6. The van der Waals surface area contributed by atoms with Gasteiger partial charge in [0.2, 0.25) is 4.77 Å². The minimum absolute atomic E-state index is 0.463. The zero-order valence-corrected chi connectivity index (χ0v) is 15.5. The van der Waals surface area contributed by atoms with Crippen molar-refractivity contribution in [2.75, 3.05) is 14.2 Å². The second kappa shape index (κ2) is 8.44. The molecule has 0 saturated heterocycles. The molecule has 0 aliphatic heterocycles. The molecular formula is C19H20N4O2S. The van der Waals surface area contributed by atoms with Crippen molar-refractivity contribution in [2.45, 2.75) is 12.8 Å². The first kappa shape index (κ1) is 17.9. The van der Waals surface area contributed by atoms with Gasteiger partial charge in [0.25, 0.3) is 0 Å². The van der Waals surface area contributed by atoms with Crippen LogP contribution in [0.25, 0.3) is 0 Å². The van der Waals surface area contributed by atoms with Crippen molar-refractivity contribution >= 4 is 18.4 Å². The van der Waals surface area contributed by atoms with E-state index in [4.69, 9.17) is 21.7 Å². The van der Waals surface area contributed by atoms with Crippen molar-refractivity contribution in [1.82, 2.24) is 14.9 Å². The van der Waals surface area contributed by atoms with E-state index in [1.807, 2.05) is 36.4 Å². The zero-order chi connectivity index (χ0) is 18.4. The summed E-state index contributed by atoms with van der Waals surface area (Å²) in [5.41, 5.74) is 2.12. The van der Waals surface area contributed by atoms with E-state index in [9.17, 15) is 0 Å². The van der Waals surface area contributed by atoms with Crippen LogP contribution in [0, 0.1) is 4.77 Å². The van der Waals surface area contributed by atoms with Crippen LogP contribution < -0.4 is 9.47 Å². The highest BCUT2D eigenvalue weighted by molar-refractivity contribution is 7.71. The van der Waals surface area contributed by atoms with Crippen LogP contribution in [0.15, 0.2) is 53.6 Å². The smallest absolute Gasteiger partial charge is 0.216 e. The van der Waals surface area contributed by atoms with E-state index in [0.717, 1.165) is 24.2 Å². The second-order valence-electron chi connectivity index (χ2n) is 5.60. The van der Waals surface area contributed by atoms with Crippen LogP contribution >= 0.6 is 12.2 Å². The number of benzene rings is 2. The molecule has 6 nitrogen and oxygen atoms in total. The number of aryl methyl sites for hydroxylation is 2. The molecule has 3 aromatic rings. The number of H-pyrrole nitrogens is 1. The molecule has 0 bridgehead atoms. The molecule has 3 rings (SSSR count). The molecule has 0 saturated carbocycles. The number of aromatic amines is 1. The van der Waals surface area contributed by atoms with E-state index < -0.39 is 0 Å². The van der Waals surface area contributed by atoms with E-state index in [1.54, 1.807) is 25.1 Å². The average Bonchev–Trinajstić information content (AvgIpc) is 3.04. The number of rotatable bonds is 7. The fraction of sp³-hybridized carbons (Fsp3) is 0.211. The fourth-order valence-corrected chi connectivity index (χ4v) is 2.76. The summed E-state index contributed by atoms with van der Waals surface area (Å²) in [4.78, 5) is 0. The summed E-state index contributed by atoms with van der Waals surface area (Å²) in [5.74, 6) is 2.11. The highest BCUT2D eigenvalue weighted by atomic mass is 32.1. The van der Waals surface area contributed by atoms with Gasteiger partial charge in [0.15, 0.2) is 17.3 Å². The molecule has 0 aliphatic carbocycles. The van der Waals surface area contributed by atoms with Crippen LogP contribution in [0.1, 0.15) is 17.0 Å². The molecule has 0 fully saturated rings. The second-order valence-corrected chi connectivity index (χ2v) is 5.99. The number of aromatic nitrogens is 3. The Hall–Kier alpha value is -2.93. The molecule has 0 aliphatic rings. The van der Waals surface area contributed by atoms with Crippen molar-refractivity contribution in [3.63, 3.8) is 0 Å². The first-order valence-corrected chi connectivity index (χ1v) is 8.58. The van der Waals surface area contributed by atoms with Gasteiger partial charge in [0.05, 0.1) is 20.4 Å². The van der Waals surface area contributed by atoms with Crippen LogP contribution in [0.5, 0.6) is 11.5 Å². The van der Waals surface area contributed by atoms with Crippen LogP contribution in [-0.4, -0.2) is 35.3 Å². The third-order valence-electron chi connectivity index (χ3n) is 3.93. The number of methoxy groups -OCH3 is 2. The van der Waals surface area contributed by atoms with Gasteiger partial charge in [-0.3, -0.25) is 5.10 Å². The SMILES string of the molecule is COc1ccc(/C=N\n2c(CCc3ccccc3)n[nH]c2=S)cc1OC. The number of hydrogen-bond acceptors (Lipinski definition) is 5. The molecule has 2 aromatic carbocycles. The lowest BCUT2D eigenvalue weighted by Crippen LogP contribution is -2.01. The van der Waals surface area contributed by atoms with E-state index in [1.165, 1.54) is 5.56 Å². The van der Waals surface area contributed by atoms with Gasteiger partial charge in [0, 0.05) is 6.42 Å². The van der Waals surface area contributed by atoms with Crippen LogP contribution in [-0.2, 0) is 12.8 Å². The van der Waals surface area contributed by atoms with Crippen molar-refractivity contribution < 1.29 is 9.47 Å². The lowest BCUT2D eigenvalue weighted by molar-refractivity contribution is 0.355. The Morgan fingerprint density at radius 3 is 2.58 bits per heavy atom. The van der Waals surface area contributed by atoms with Gasteiger partial charge >= 0.3 is 0 Å². The van der Waals surface area contributed by atoms with Crippen LogP contribution in [0.4, 0.5) is 0 Å². The van der Waals surface area contributed by atoms with Gasteiger partial charge in [-0.05, 0) is 48.0 Å². The van der Waals surface area contributed by atoms with Crippen molar-refractivity contribution in [3.05, 3.63) is 70.3 Å². The van der Waals surface area contributed by atoms with Crippen LogP contribution in [0.2, 0.25) is 0 Å². The van der Waals surface area contributed by atoms with Gasteiger partial charge < -0.3 is 9.47 Å². The van der Waals surface area contributed by atoms with Gasteiger partial charge in [0.1, 0.15) is 0 Å². The van der Waals surface area contributed by atoms with Crippen molar-refractivity contribution in [1.29, 1.82) is 0 Å². The maximum absolute atomic E-state index is 5.32. The number of hydrogen-bond donors (Lipinski definition) is 1. The highest BCUT2D eigenvalue weighted by Crippen LogP contribution is 2.26. The third kappa shape index (κ3) is 4.18. The summed E-state index contributed by atoms with van der Waals surface area (Å²) < 4.78 is 12.7. The highest BCUT2D eigenvalue weighted by Gasteiger charge is 2.06. The normalized spacial score (nSPS) is 11.0. The van der Waals surface area contributed by atoms with E-state index in [-0.39, 0.29) is 0 Å². The third-order valence-corrected chi connectivity index (χ3v) is 4.19. The predicted octanol–water partition coefficient (Wildman–Crippen LogP) is 3.63. The van der Waals surface area contributed by atoms with Crippen molar-refractivity contribution in [2.24, 2.45) is 5.10 Å². The lowest BCUT2D eigenvalue weighted by Gasteiger charge is -2.07. The summed E-state index contributed by atoms with van der Waals surface area (Å²) in [6.07, 6.45) is 3.33. The van der Waals surface area contributed by atoms with E-state index in [0.29, 0.717) is 16.3 Å². The Kier molecular flexibility index (Phi) is 5.80. The predicted molar refractivity (Wildman–Crippen MR) is 104 cm³/mol. The Bertz CT molecular complexity index is 948. The summed E-state index contributed by atoms with van der Waals surface area (Å²) in [6.45, 7) is 0. The topological polar surface area (TPSA) is 64.4 Å². The largest absolute Gasteiger partial charge is 0.493 e. The Balaban J connectivity index is 1.78. The Morgan fingerprint density at radius 1 is 1.08 bits per heavy atom. The van der Waals surface area contributed by atoms with E-state index >= 15 is 0 Å². The molecule has 0 atom stereocenters. The number of ether oxygens (including phenoxy) is 2. The lowest BCUT2D eigenvalue weighted by atomic mass is 10.1. The van der Waals surface area contributed by atoms with Gasteiger partial charge in [-0.2, -0.15) is 14.9 Å². The molecule has 0 spiro atoms. The fourth-order valence-electron chi connectivity index (χ4n) is 2.56. The molecule has 134 valence electrons. The quantitative estimate of drug-likeness (QED) is 0.511. The van der Waals surface area contributed by atoms with Gasteiger partial charge in [-0.1, -0.05) is 30.3 Å². The summed E-state index contributed by atoms with van der Waals surface area (Å²) in [6, 6.07) is 15.9. The Morgan fingerprint density at radius 2 is 1.85 bits per heavy atom. The molecule has 0 unspecified atom stereocenters. The monoisotopic (exact) mass is 368 g/mol. The van der Waals surface area contributed by atoms with E-state index in [2.05, 4.69) is 27.4 Å². The number of nitrogens with zero attached hydrogens (tertiary/aromatic N) is 3. The minimum Gasteiger partial charge on any atom is -0.493 e. The van der Waals surface area contributed by atoms with Gasteiger partial charge in [-0.25, -0.2) is 0 Å². The summed E-state index contributed by atoms with van der Waals surface area (Å²) in [7, 11) is 3.21. The molecule has 0 amide bonds. The maximum Gasteiger partial charge on any atom is 0.216 e. The van der Waals surface area contributed by atoms with Crippen LogP contribution in [0.3, 0.4) is 0 Å². The molecule has 1 aromatic heterocycles. The molecule has 7 heteroatoms. The van der Waals surface area contributed by atoms with Crippen molar-refractivity contribution in [3.8, 4) is 11.5 Å². The molecular weight excluding hydrogens is 348 g/mol. The summed E-state index contributed by atoms with van der Waals surface area (Å²) >= 11 is 5.29. The Labute approximate surface area is 157 Å². The van der Waals surface area contributed by atoms with Gasteiger partial charge in [-0.15, -0.1) is 0 Å². The standard InChI is InChI=1S/C19H20N4O2S/c1-24-16-10-8-15(12-17(16)25-2)13-20-23-18(21-22-19(23)26)11-9-14-6-4-3-5-7-14/h3-8,10,12-13H,9,11H2,1-2H3,(H,22,26)/b20-13-. The average molecular weight is 368 g/mol. The molecule has 0 radical (unpaired) electrons. The number of nitrogens with one attached hydrogen (secondary N) is 1.